The zero-order chi connectivity index (χ0) is 14.8. The van der Waals surface area contributed by atoms with Crippen molar-refractivity contribution >= 4 is 16.9 Å². The smallest absolute Gasteiger partial charge is 0.362 e. The lowest BCUT2D eigenvalue weighted by atomic mass is 10.1. The number of aryl methyl sites for hydroxylation is 1. The van der Waals surface area contributed by atoms with E-state index in [9.17, 15) is 9.59 Å². The fourth-order valence-corrected chi connectivity index (χ4v) is 2.01. The van der Waals surface area contributed by atoms with Crippen molar-refractivity contribution in [1.29, 1.82) is 0 Å². The summed E-state index contributed by atoms with van der Waals surface area (Å²) in [6, 6.07) is 11.3. The number of rotatable bonds is 2. The molecule has 3 aromatic rings. The lowest BCUT2D eigenvalue weighted by molar-refractivity contribution is 0.0729. The predicted molar refractivity (Wildman–Crippen MR) is 76.4 cm³/mol. The highest BCUT2D eigenvalue weighted by molar-refractivity contribution is 5.90. The highest BCUT2D eigenvalue weighted by Gasteiger charge is 2.11. The van der Waals surface area contributed by atoms with E-state index in [1.165, 1.54) is 18.3 Å². The van der Waals surface area contributed by atoms with Crippen molar-refractivity contribution in [3.05, 3.63) is 70.3 Å². The van der Waals surface area contributed by atoms with Gasteiger partial charge in [-0.25, -0.2) is 14.6 Å². The Labute approximate surface area is 119 Å². The van der Waals surface area contributed by atoms with Gasteiger partial charge in [-0.05, 0) is 36.8 Å². The van der Waals surface area contributed by atoms with Crippen molar-refractivity contribution < 1.29 is 13.9 Å². The van der Waals surface area contributed by atoms with Crippen molar-refractivity contribution in [2.24, 2.45) is 0 Å². The molecule has 0 radical (unpaired) electrons. The minimum atomic E-state index is -0.565. The minimum Gasteiger partial charge on any atom is -0.423 e. The van der Waals surface area contributed by atoms with Crippen molar-refractivity contribution in [1.82, 2.24) is 4.98 Å². The molecule has 5 nitrogen and oxygen atoms in total. The van der Waals surface area contributed by atoms with Gasteiger partial charge in [0.1, 0.15) is 17.0 Å². The summed E-state index contributed by atoms with van der Waals surface area (Å²) in [4.78, 5) is 27.2. The molecule has 2 aromatic heterocycles. The molecule has 0 fully saturated rings. The maximum Gasteiger partial charge on any atom is 0.362 e. The first kappa shape index (κ1) is 13.1. The van der Waals surface area contributed by atoms with Gasteiger partial charge in [-0.15, -0.1) is 0 Å². The number of carbonyl (C=O) groups excluding carboxylic acids is 1. The zero-order valence-electron chi connectivity index (χ0n) is 11.2. The molecular weight excluding hydrogens is 270 g/mol. The van der Waals surface area contributed by atoms with Crippen molar-refractivity contribution in [2.45, 2.75) is 6.92 Å². The molecule has 0 saturated carbocycles. The van der Waals surface area contributed by atoms with Crippen LogP contribution >= 0.6 is 0 Å². The molecule has 0 saturated heterocycles. The molecule has 0 amide bonds. The third-order valence-electron chi connectivity index (χ3n) is 3.01. The summed E-state index contributed by atoms with van der Waals surface area (Å²) in [5.74, 6) is -0.267. The number of pyridine rings is 1. The van der Waals surface area contributed by atoms with Crippen LogP contribution in [0, 0.1) is 6.92 Å². The normalized spacial score (nSPS) is 10.5. The lowest BCUT2D eigenvalue weighted by Crippen LogP contribution is -2.10. The summed E-state index contributed by atoms with van der Waals surface area (Å²) < 4.78 is 10.3. The van der Waals surface area contributed by atoms with Gasteiger partial charge in [0.05, 0.1) is 0 Å². The molecular formula is C16H11NO4. The van der Waals surface area contributed by atoms with Gasteiger partial charge in [0.25, 0.3) is 0 Å². The van der Waals surface area contributed by atoms with Crippen LogP contribution in [0.25, 0.3) is 11.0 Å². The van der Waals surface area contributed by atoms with Crippen molar-refractivity contribution in [2.75, 3.05) is 0 Å². The summed E-state index contributed by atoms with van der Waals surface area (Å²) in [6.07, 6.45) is 1.51. The first-order valence-electron chi connectivity index (χ1n) is 6.31. The molecule has 0 unspecified atom stereocenters. The SMILES string of the molecule is Cc1cc(=O)oc2cc(OC(=O)c3ccccn3)ccc12. The number of carbonyl (C=O) groups is 1. The molecule has 1 aromatic carbocycles. The topological polar surface area (TPSA) is 69.4 Å². The van der Waals surface area contributed by atoms with Crippen LogP contribution in [0.1, 0.15) is 16.1 Å². The highest BCUT2D eigenvalue weighted by Crippen LogP contribution is 2.22. The molecule has 0 bridgehead atoms. The van der Waals surface area contributed by atoms with Crippen LogP contribution in [-0.4, -0.2) is 11.0 Å². The molecule has 0 aliphatic carbocycles. The highest BCUT2D eigenvalue weighted by atomic mass is 16.5. The Balaban J connectivity index is 1.95. The molecule has 0 atom stereocenters. The monoisotopic (exact) mass is 281 g/mol. The van der Waals surface area contributed by atoms with E-state index in [1.54, 1.807) is 30.3 Å². The first-order chi connectivity index (χ1) is 10.1. The fourth-order valence-electron chi connectivity index (χ4n) is 2.01. The van der Waals surface area contributed by atoms with E-state index in [4.69, 9.17) is 9.15 Å². The van der Waals surface area contributed by atoms with Gasteiger partial charge in [-0.2, -0.15) is 0 Å². The van der Waals surface area contributed by atoms with Crippen LogP contribution in [0.15, 0.2) is 57.9 Å². The molecule has 21 heavy (non-hydrogen) atoms. The van der Waals surface area contributed by atoms with Gasteiger partial charge in [0.2, 0.25) is 0 Å². The number of esters is 1. The fraction of sp³-hybridized carbons (Fsp3) is 0.0625. The number of nitrogens with zero attached hydrogens (tertiary/aromatic N) is 1. The van der Waals surface area contributed by atoms with Gasteiger partial charge in [-0.3, -0.25) is 0 Å². The van der Waals surface area contributed by atoms with Crippen LogP contribution in [0.2, 0.25) is 0 Å². The molecule has 0 aliphatic rings. The number of ether oxygens (including phenoxy) is 1. The number of fused-ring (bicyclic) bond motifs is 1. The maximum absolute atomic E-state index is 11.9. The van der Waals surface area contributed by atoms with Crippen LogP contribution < -0.4 is 10.4 Å². The van der Waals surface area contributed by atoms with E-state index >= 15 is 0 Å². The van der Waals surface area contributed by atoms with Gasteiger partial charge in [0, 0.05) is 23.7 Å². The Bertz CT molecular complexity index is 868. The summed E-state index contributed by atoms with van der Waals surface area (Å²) in [7, 11) is 0. The first-order valence-corrected chi connectivity index (χ1v) is 6.31. The second kappa shape index (κ2) is 5.20. The summed E-state index contributed by atoms with van der Waals surface area (Å²) in [5.41, 5.74) is 0.965. The van der Waals surface area contributed by atoms with Gasteiger partial charge < -0.3 is 9.15 Å². The van der Waals surface area contributed by atoms with Crippen LogP contribution in [0.5, 0.6) is 5.75 Å². The number of aromatic nitrogens is 1. The number of benzene rings is 1. The molecule has 3 rings (SSSR count). The predicted octanol–water partition coefficient (Wildman–Crippen LogP) is 2.72. The zero-order valence-corrected chi connectivity index (χ0v) is 11.2. The Morgan fingerprint density at radius 1 is 1.19 bits per heavy atom. The molecule has 2 heterocycles. The van der Waals surface area contributed by atoms with Crippen LogP contribution in [0.4, 0.5) is 0 Å². The largest absolute Gasteiger partial charge is 0.423 e. The van der Waals surface area contributed by atoms with Crippen LogP contribution in [0.3, 0.4) is 0 Å². The summed E-state index contributed by atoms with van der Waals surface area (Å²) in [6.45, 7) is 1.82. The van der Waals surface area contributed by atoms with E-state index < -0.39 is 11.6 Å². The molecule has 5 heteroatoms. The number of hydrogen-bond acceptors (Lipinski definition) is 5. The standard InChI is InChI=1S/C16H11NO4/c1-10-8-15(18)21-14-9-11(5-6-12(10)14)20-16(19)13-4-2-3-7-17-13/h2-9H,1H3. The van der Waals surface area contributed by atoms with E-state index in [0.717, 1.165) is 10.9 Å². The Kier molecular flexibility index (Phi) is 3.23. The second-order valence-corrected chi connectivity index (χ2v) is 4.51. The molecule has 0 spiro atoms. The van der Waals surface area contributed by atoms with E-state index in [1.807, 2.05) is 6.92 Å². The van der Waals surface area contributed by atoms with E-state index in [-0.39, 0.29) is 5.69 Å². The number of hydrogen-bond donors (Lipinski definition) is 0. The second-order valence-electron chi connectivity index (χ2n) is 4.51. The summed E-state index contributed by atoms with van der Waals surface area (Å²) in [5, 5.41) is 0.798. The third-order valence-corrected chi connectivity index (χ3v) is 3.01. The van der Waals surface area contributed by atoms with Crippen LogP contribution in [-0.2, 0) is 0 Å². The summed E-state index contributed by atoms with van der Waals surface area (Å²) >= 11 is 0. The van der Waals surface area contributed by atoms with Crippen molar-refractivity contribution in [3.63, 3.8) is 0 Å². The van der Waals surface area contributed by atoms with Crippen molar-refractivity contribution in [3.8, 4) is 5.75 Å². The minimum absolute atomic E-state index is 0.211. The average molecular weight is 281 g/mol. The van der Waals surface area contributed by atoms with E-state index in [0.29, 0.717) is 11.3 Å². The lowest BCUT2D eigenvalue weighted by Gasteiger charge is -2.05. The average Bonchev–Trinajstić information content (AvgIpc) is 2.47. The Hall–Kier alpha value is -2.95. The molecule has 0 N–H and O–H groups in total. The third kappa shape index (κ3) is 2.67. The quantitative estimate of drug-likeness (QED) is 0.410. The molecule has 0 aliphatic heterocycles. The van der Waals surface area contributed by atoms with E-state index in [2.05, 4.69) is 4.98 Å². The van der Waals surface area contributed by atoms with Gasteiger partial charge >= 0.3 is 11.6 Å². The maximum atomic E-state index is 11.9. The van der Waals surface area contributed by atoms with Gasteiger partial charge in [-0.1, -0.05) is 6.07 Å². The van der Waals surface area contributed by atoms with Gasteiger partial charge in [0.15, 0.2) is 0 Å². The molecule has 104 valence electrons. The Morgan fingerprint density at radius 2 is 2.05 bits per heavy atom. The Morgan fingerprint density at radius 3 is 2.81 bits per heavy atom.